The molecule has 137 valence electrons. The first kappa shape index (κ1) is 19.2. The van der Waals surface area contributed by atoms with Gasteiger partial charge in [-0.05, 0) is 81.1 Å². The monoisotopic (exact) mass is 368 g/mol. The number of rotatable bonds is 4. The van der Waals surface area contributed by atoms with Crippen LogP contribution < -0.4 is 0 Å². The molecule has 1 saturated carbocycles. The maximum absolute atomic E-state index is 11.9. The zero-order valence-corrected chi connectivity index (χ0v) is 16.3. The van der Waals surface area contributed by atoms with Crippen molar-refractivity contribution in [2.24, 2.45) is 0 Å². The van der Waals surface area contributed by atoms with Crippen molar-refractivity contribution >= 4 is 17.7 Å². The van der Waals surface area contributed by atoms with Gasteiger partial charge in [0.1, 0.15) is 5.60 Å². The molecular formula is C23H27ClNO. The van der Waals surface area contributed by atoms with Crippen molar-refractivity contribution in [2.75, 3.05) is 14.1 Å². The van der Waals surface area contributed by atoms with E-state index >= 15 is 0 Å². The quantitative estimate of drug-likeness (QED) is 0.768. The van der Waals surface area contributed by atoms with Gasteiger partial charge in [0.05, 0.1) is 6.04 Å². The third-order valence-electron chi connectivity index (χ3n) is 5.32. The van der Waals surface area contributed by atoms with E-state index in [2.05, 4.69) is 30.0 Å². The molecule has 1 aliphatic rings. The van der Waals surface area contributed by atoms with E-state index in [1.54, 1.807) is 0 Å². The van der Waals surface area contributed by atoms with Gasteiger partial charge in [0, 0.05) is 5.02 Å². The summed E-state index contributed by atoms with van der Waals surface area (Å²) in [6.07, 6.45) is 5.92. The van der Waals surface area contributed by atoms with E-state index < -0.39 is 5.60 Å². The average Bonchev–Trinajstić information content (AvgIpc) is 2.61. The first-order valence-electron chi connectivity index (χ1n) is 9.18. The predicted octanol–water partition coefficient (Wildman–Crippen LogP) is 5.51. The van der Waals surface area contributed by atoms with E-state index in [9.17, 15) is 5.11 Å². The van der Waals surface area contributed by atoms with Crippen LogP contribution in [0.5, 0.6) is 0 Å². The fraction of sp³-hybridized carbons (Fsp3) is 0.348. The smallest absolute Gasteiger partial charge is 0.106 e. The number of benzene rings is 2. The van der Waals surface area contributed by atoms with Gasteiger partial charge >= 0.3 is 0 Å². The van der Waals surface area contributed by atoms with E-state index in [-0.39, 0.29) is 6.04 Å². The van der Waals surface area contributed by atoms with E-state index in [4.69, 9.17) is 11.6 Å². The van der Waals surface area contributed by atoms with Crippen LogP contribution in [0.15, 0.2) is 54.1 Å². The number of halogens is 1. The van der Waals surface area contributed by atoms with Crippen LogP contribution in [0.25, 0.3) is 6.08 Å². The highest BCUT2D eigenvalue weighted by Crippen LogP contribution is 2.46. The highest BCUT2D eigenvalue weighted by Gasteiger charge is 2.44. The molecule has 1 radical (unpaired) electrons. The summed E-state index contributed by atoms with van der Waals surface area (Å²) in [5.74, 6) is 0. The van der Waals surface area contributed by atoms with Gasteiger partial charge in [0.25, 0.3) is 0 Å². The van der Waals surface area contributed by atoms with Crippen molar-refractivity contribution in [3.8, 4) is 0 Å². The maximum Gasteiger partial charge on any atom is 0.106 e. The summed E-state index contributed by atoms with van der Waals surface area (Å²) < 4.78 is 0. The second-order valence-electron chi connectivity index (χ2n) is 7.42. The highest BCUT2D eigenvalue weighted by molar-refractivity contribution is 6.30. The lowest BCUT2D eigenvalue weighted by atomic mass is 9.71. The van der Waals surface area contributed by atoms with Crippen molar-refractivity contribution in [3.05, 3.63) is 82.7 Å². The zero-order valence-electron chi connectivity index (χ0n) is 15.6. The second-order valence-corrected chi connectivity index (χ2v) is 7.86. The number of aliphatic hydroxyl groups is 1. The lowest BCUT2D eigenvalue weighted by molar-refractivity contribution is -0.0221. The van der Waals surface area contributed by atoms with E-state index in [0.717, 1.165) is 47.9 Å². The number of hydrogen-bond donors (Lipinski definition) is 1. The number of nitrogens with zero attached hydrogens (tertiary/aromatic N) is 1. The summed E-state index contributed by atoms with van der Waals surface area (Å²) in [4.78, 5) is 2.09. The van der Waals surface area contributed by atoms with Gasteiger partial charge in [0.15, 0.2) is 0 Å². The molecule has 26 heavy (non-hydrogen) atoms. The summed E-state index contributed by atoms with van der Waals surface area (Å²) in [5, 5.41) is 12.6. The van der Waals surface area contributed by atoms with E-state index in [1.165, 1.54) is 0 Å². The molecule has 0 aromatic heterocycles. The van der Waals surface area contributed by atoms with Gasteiger partial charge < -0.3 is 5.11 Å². The highest BCUT2D eigenvalue weighted by atomic mass is 35.5. The summed E-state index contributed by atoms with van der Waals surface area (Å²) in [5.41, 5.74) is 3.18. The van der Waals surface area contributed by atoms with Crippen LogP contribution in [0, 0.1) is 6.92 Å². The van der Waals surface area contributed by atoms with Crippen LogP contribution in [0.3, 0.4) is 0 Å². The third kappa shape index (κ3) is 3.88. The fourth-order valence-electron chi connectivity index (χ4n) is 4.13. The van der Waals surface area contributed by atoms with Gasteiger partial charge in [-0.1, -0.05) is 54.1 Å². The Labute approximate surface area is 162 Å². The minimum Gasteiger partial charge on any atom is -0.383 e. The summed E-state index contributed by atoms with van der Waals surface area (Å²) in [6.45, 7) is 4.18. The molecule has 0 spiro atoms. The molecule has 2 unspecified atom stereocenters. The first-order chi connectivity index (χ1) is 12.4. The molecule has 2 aromatic rings. The summed E-state index contributed by atoms with van der Waals surface area (Å²) >= 11 is 6.27. The Morgan fingerprint density at radius 2 is 1.88 bits per heavy atom. The Morgan fingerprint density at radius 3 is 2.58 bits per heavy atom. The molecule has 3 rings (SSSR count). The van der Waals surface area contributed by atoms with Gasteiger partial charge in [-0.2, -0.15) is 0 Å². The normalized spacial score (nSPS) is 23.4. The van der Waals surface area contributed by atoms with E-state index in [1.807, 2.05) is 50.5 Å². The van der Waals surface area contributed by atoms with Crippen LogP contribution in [0.1, 0.15) is 48.4 Å². The summed E-state index contributed by atoms with van der Waals surface area (Å²) in [6, 6.07) is 15.8. The van der Waals surface area contributed by atoms with Crippen LogP contribution in [0.2, 0.25) is 5.02 Å². The third-order valence-corrected chi connectivity index (χ3v) is 5.56. The number of likely N-dealkylation sites (N-methyl/N-ethyl adjacent to an activating group) is 1. The van der Waals surface area contributed by atoms with Gasteiger partial charge in [-0.3, -0.25) is 4.90 Å². The van der Waals surface area contributed by atoms with Crippen molar-refractivity contribution in [3.63, 3.8) is 0 Å². The van der Waals surface area contributed by atoms with Gasteiger partial charge in [-0.15, -0.1) is 0 Å². The fourth-order valence-corrected chi connectivity index (χ4v) is 4.31. The van der Waals surface area contributed by atoms with Crippen molar-refractivity contribution in [2.45, 2.75) is 37.3 Å². The number of hydrogen-bond acceptors (Lipinski definition) is 2. The van der Waals surface area contributed by atoms with Crippen LogP contribution in [-0.4, -0.2) is 29.7 Å². The average molecular weight is 369 g/mol. The van der Waals surface area contributed by atoms with Crippen LogP contribution in [-0.2, 0) is 0 Å². The SMILES string of the molecule is [CH2]c1ccc(Cl)cc1C(N(C)C)C1(O)CCCCC1=Cc1ccccc1. The molecule has 0 bridgehead atoms. The standard InChI is InChI=1S/C23H27ClNO/c1-17-12-13-20(24)16-21(17)22(25(2)3)23(26)14-8-7-11-19(23)15-18-9-5-4-6-10-18/h4-6,9-10,12-13,15-16,22,26H,1,7-8,11,14H2,2-3H3. The lowest BCUT2D eigenvalue weighted by Crippen LogP contribution is -2.46. The Kier molecular flexibility index (Phi) is 5.86. The summed E-state index contributed by atoms with van der Waals surface area (Å²) in [7, 11) is 4.02. The van der Waals surface area contributed by atoms with Crippen molar-refractivity contribution < 1.29 is 5.11 Å². The molecule has 1 fully saturated rings. The molecule has 2 atom stereocenters. The van der Waals surface area contributed by atoms with Crippen molar-refractivity contribution in [1.82, 2.24) is 4.90 Å². The zero-order chi connectivity index (χ0) is 18.7. The Balaban J connectivity index is 2.10. The molecular weight excluding hydrogens is 342 g/mol. The predicted molar refractivity (Wildman–Crippen MR) is 110 cm³/mol. The molecule has 0 amide bonds. The Bertz CT molecular complexity index is 784. The van der Waals surface area contributed by atoms with Crippen LogP contribution >= 0.6 is 11.6 Å². The molecule has 3 heteroatoms. The molecule has 1 N–H and O–H groups in total. The minimum atomic E-state index is -0.936. The molecule has 2 aromatic carbocycles. The molecule has 0 aliphatic heterocycles. The topological polar surface area (TPSA) is 23.5 Å². The van der Waals surface area contributed by atoms with Crippen molar-refractivity contribution in [1.29, 1.82) is 0 Å². The van der Waals surface area contributed by atoms with Gasteiger partial charge in [0.2, 0.25) is 0 Å². The Morgan fingerprint density at radius 1 is 1.15 bits per heavy atom. The molecule has 0 heterocycles. The maximum atomic E-state index is 11.9. The largest absolute Gasteiger partial charge is 0.383 e. The van der Waals surface area contributed by atoms with E-state index in [0.29, 0.717) is 5.02 Å². The second kappa shape index (κ2) is 7.96. The van der Waals surface area contributed by atoms with Crippen LogP contribution in [0.4, 0.5) is 0 Å². The Hall–Kier alpha value is -1.61. The molecule has 0 saturated heterocycles. The first-order valence-corrected chi connectivity index (χ1v) is 9.56. The lowest BCUT2D eigenvalue weighted by Gasteiger charge is -2.45. The molecule has 2 nitrogen and oxygen atoms in total. The minimum absolute atomic E-state index is 0.191. The molecule has 1 aliphatic carbocycles. The van der Waals surface area contributed by atoms with Gasteiger partial charge in [-0.25, -0.2) is 0 Å².